The van der Waals surface area contributed by atoms with Crippen molar-refractivity contribution in [1.82, 2.24) is 9.55 Å². The fraction of sp³-hybridized carbons (Fsp3) is 0.350. The highest BCUT2D eigenvalue weighted by Crippen LogP contribution is 2.35. The van der Waals surface area contributed by atoms with Gasteiger partial charge in [0.15, 0.2) is 5.16 Å². The zero-order valence-electron chi connectivity index (χ0n) is 16.4. The zero-order valence-corrected chi connectivity index (χ0v) is 18.0. The maximum Gasteiger partial charge on any atom is 0.262 e. The average Bonchev–Trinajstić information content (AvgIpc) is 3.30. The van der Waals surface area contributed by atoms with E-state index in [0.717, 1.165) is 29.5 Å². The van der Waals surface area contributed by atoms with Gasteiger partial charge in [0.1, 0.15) is 16.3 Å². The minimum Gasteiger partial charge on any atom is -0.497 e. The number of anilines is 1. The number of rotatable bonds is 6. The van der Waals surface area contributed by atoms with Crippen LogP contribution in [0.15, 0.2) is 28.2 Å². The fourth-order valence-corrected chi connectivity index (χ4v) is 5.53. The van der Waals surface area contributed by atoms with Crippen LogP contribution >= 0.6 is 23.1 Å². The van der Waals surface area contributed by atoms with Gasteiger partial charge in [-0.3, -0.25) is 14.2 Å². The summed E-state index contributed by atoms with van der Waals surface area (Å²) in [4.78, 5) is 32.0. The van der Waals surface area contributed by atoms with E-state index in [9.17, 15) is 9.59 Å². The number of aryl methyl sites for hydroxylation is 2. The molecule has 0 spiro atoms. The van der Waals surface area contributed by atoms with Crippen molar-refractivity contribution in [3.63, 3.8) is 0 Å². The molecule has 152 valence electrons. The largest absolute Gasteiger partial charge is 0.497 e. The van der Waals surface area contributed by atoms with Crippen LogP contribution in [0.2, 0.25) is 0 Å². The van der Waals surface area contributed by atoms with Gasteiger partial charge in [-0.15, -0.1) is 11.3 Å². The predicted octanol–water partition coefficient (Wildman–Crippen LogP) is 3.23. The van der Waals surface area contributed by atoms with Gasteiger partial charge in [0, 0.05) is 18.0 Å². The first-order chi connectivity index (χ1) is 14.0. The highest BCUT2D eigenvalue weighted by Gasteiger charge is 2.22. The standard InChI is InChI=1S/C20H21N3O4S2/c1-23-19(25)17-12-5-4-6-15(12)29-18(17)22-20(23)28-10-16(24)21-13-8-7-11(26-2)9-14(13)27-3/h7-9H,4-6,10H2,1-3H3,(H,21,24). The van der Waals surface area contributed by atoms with Crippen molar-refractivity contribution in [2.75, 3.05) is 25.3 Å². The summed E-state index contributed by atoms with van der Waals surface area (Å²) in [6.07, 6.45) is 3.07. The van der Waals surface area contributed by atoms with Crippen LogP contribution in [0.5, 0.6) is 11.5 Å². The van der Waals surface area contributed by atoms with Crippen LogP contribution in [-0.4, -0.2) is 35.4 Å². The lowest BCUT2D eigenvalue weighted by Gasteiger charge is -2.12. The quantitative estimate of drug-likeness (QED) is 0.477. The number of thioether (sulfide) groups is 1. The molecule has 0 fully saturated rings. The second kappa shape index (κ2) is 8.08. The molecule has 3 aromatic rings. The Kier molecular flexibility index (Phi) is 5.51. The van der Waals surface area contributed by atoms with E-state index >= 15 is 0 Å². The van der Waals surface area contributed by atoms with Crippen LogP contribution in [0.3, 0.4) is 0 Å². The number of carbonyl (C=O) groups is 1. The highest BCUT2D eigenvalue weighted by molar-refractivity contribution is 7.99. The minimum atomic E-state index is -0.207. The van der Waals surface area contributed by atoms with Crippen molar-refractivity contribution in [1.29, 1.82) is 0 Å². The van der Waals surface area contributed by atoms with Crippen LogP contribution < -0.4 is 20.3 Å². The molecule has 2 aromatic heterocycles. The molecular weight excluding hydrogens is 410 g/mol. The molecule has 0 atom stereocenters. The van der Waals surface area contributed by atoms with Crippen LogP contribution in [0.4, 0.5) is 5.69 Å². The molecule has 0 bridgehead atoms. The molecule has 29 heavy (non-hydrogen) atoms. The van der Waals surface area contributed by atoms with Crippen molar-refractivity contribution in [3.05, 3.63) is 39.0 Å². The summed E-state index contributed by atoms with van der Waals surface area (Å²) in [5.41, 5.74) is 1.69. The molecule has 1 N–H and O–H groups in total. The fourth-order valence-electron chi connectivity index (χ4n) is 3.45. The molecule has 7 nitrogen and oxygen atoms in total. The molecule has 9 heteroatoms. The Hall–Kier alpha value is -2.52. The predicted molar refractivity (Wildman–Crippen MR) is 116 cm³/mol. The van der Waals surface area contributed by atoms with Crippen molar-refractivity contribution in [2.24, 2.45) is 7.05 Å². The highest BCUT2D eigenvalue weighted by atomic mass is 32.2. The molecule has 0 radical (unpaired) electrons. The molecule has 0 unspecified atom stereocenters. The van der Waals surface area contributed by atoms with Crippen molar-refractivity contribution in [2.45, 2.75) is 24.4 Å². The number of hydrogen-bond acceptors (Lipinski definition) is 7. The lowest BCUT2D eigenvalue weighted by Crippen LogP contribution is -2.21. The first-order valence-corrected chi connectivity index (χ1v) is 11.0. The summed E-state index contributed by atoms with van der Waals surface area (Å²) >= 11 is 2.85. The Morgan fingerprint density at radius 3 is 2.90 bits per heavy atom. The summed E-state index contributed by atoms with van der Waals surface area (Å²) in [5.74, 6) is 1.08. The number of nitrogens with one attached hydrogen (secondary N) is 1. The molecule has 1 aliphatic carbocycles. The van der Waals surface area contributed by atoms with Gasteiger partial charge in [-0.05, 0) is 37.0 Å². The van der Waals surface area contributed by atoms with Gasteiger partial charge in [-0.2, -0.15) is 0 Å². The number of benzene rings is 1. The molecule has 1 amide bonds. The topological polar surface area (TPSA) is 82.5 Å². The van der Waals surface area contributed by atoms with Gasteiger partial charge < -0.3 is 14.8 Å². The molecule has 0 aliphatic heterocycles. The second-order valence-corrected chi connectivity index (χ2v) is 8.73. The van der Waals surface area contributed by atoms with Crippen LogP contribution in [0.1, 0.15) is 16.9 Å². The van der Waals surface area contributed by atoms with Gasteiger partial charge >= 0.3 is 0 Å². The van der Waals surface area contributed by atoms with E-state index in [0.29, 0.717) is 22.3 Å². The van der Waals surface area contributed by atoms with Gasteiger partial charge in [-0.25, -0.2) is 4.98 Å². The average molecular weight is 432 g/mol. The van der Waals surface area contributed by atoms with E-state index in [-0.39, 0.29) is 17.2 Å². The van der Waals surface area contributed by atoms with E-state index in [1.807, 2.05) is 0 Å². The van der Waals surface area contributed by atoms with E-state index in [1.54, 1.807) is 48.3 Å². The van der Waals surface area contributed by atoms with Gasteiger partial charge in [0.25, 0.3) is 5.56 Å². The zero-order chi connectivity index (χ0) is 20.5. The number of ether oxygens (including phenoxy) is 2. The smallest absolute Gasteiger partial charge is 0.262 e. The number of amides is 1. The van der Waals surface area contributed by atoms with E-state index in [2.05, 4.69) is 10.3 Å². The van der Waals surface area contributed by atoms with Crippen molar-refractivity contribution < 1.29 is 14.3 Å². The Balaban J connectivity index is 1.51. The summed E-state index contributed by atoms with van der Waals surface area (Å²) in [6, 6.07) is 5.19. The molecule has 1 aromatic carbocycles. The third-order valence-corrected chi connectivity index (χ3v) is 7.14. The molecule has 0 saturated carbocycles. The Labute approximate surface area is 176 Å². The number of carbonyl (C=O) groups excluding carboxylic acids is 1. The Morgan fingerprint density at radius 2 is 2.14 bits per heavy atom. The summed E-state index contributed by atoms with van der Waals surface area (Å²) in [6.45, 7) is 0. The number of hydrogen-bond donors (Lipinski definition) is 1. The number of thiophene rings is 1. The van der Waals surface area contributed by atoms with Crippen LogP contribution in [0, 0.1) is 0 Å². The van der Waals surface area contributed by atoms with Crippen molar-refractivity contribution in [3.8, 4) is 11.5 Å². The lowest BCUT2D eigenvalue weighted by molar-refractivity contribution is -0.113. The first kappa shape index (κ1) is 19.8. The number of methoxy groups -OCH3 is 2. The van der Waals surface area contributed by atoms with Crippen molar-refractivity contribution >= 4 is 44.9 Å². The molecule has 2 heterocycles. The molecular formula is C20H21N3O4S2. The van der Waals surface area contributed by atoms with Gasteiger partial charge in [0.2, 0.25) is 5.91 Å². The number of fused-ring (bicyclic) bond motifs is 3. The Morgan fingerprint density at radius 1 is 1.31 bits per heavy atom. The number of nitrogens with zero attached hydrogens (tertiary/aromatic N) is 2. The molecule has 0 saturated heterocycles. The lowest BCUT2D eigenvalue weighted by atomic mass is 10.2. The summed E-state index contributed by atoms with van der Waals surface area (Å²) in [7, 11) is 4.81. The summed E-state index contributed by atoms with van der Waals surface area (Å²) in [5, 5.41) is 4.13. The molecule has 4 rings (SSSR count). The molecule has 1 aliphatic rings. The van der Waals surface area contributed by atoms with Gasteiger partial charge in [0.05, 0.1) is 31.0 Å². The van der Waals surface area contributed by atoms with Gasteiger partial charge in [-0.1, -0.05) is 11.8 Å². The SMILES string of the molecule is COc1ccc(NC(=O)CSc2nc3sc4c(c3c(=O)n2C)CCC4)c(OC)c1. The third-order valence-electron chi connectivity index (χ3n) is 4.92. The van der Waals surface area contributed by atoms with Crippen LogP contribution in [0.25, 0.3) is 10.2 Å². The summed E-state index contributed by atoms with van der Waals surface area (Å²) < 4.78 is 12.0. The maximum atomic E-state index is 12.8. The van der Waals surface area contributed by atoms with E-state index in [4.69, 9.17) is 9.47 Å². The normalized spacial score (nSPS) is 12.8. The van der Waals surface area contributed by atoms with Crippen LogP contribution in [-0.2, 0) is 24.7 Å². The third kappa shape index (κ3) is 3.72. The minimum absolute atomic E-state index is 0.0332. The van der Waals surface area contributed by atoms with E-state index < -0.39 is 0 Å². The monoisotopic (exact) mass is 431 g/mol. The van der Waals surface area contributed by atoms with E-state index in [1.165, 1.54) is 29.3 Å². The first-order valence-electron chi connectivity index (χ1n) is 9.17. The number of aromatic nitrogens is 2. The Bertz CT molecular complexity index is 1150. The maximum absolute atomic E-state index is 12.8. The second-order valence-electron chi connectivity index (χ2n) is 6.70.